The number of rotatable bonds is 4. The Hall–Kier alpha value is -2.92. The highest BCUT2D eigenvalue weighted by Crippen LogP contribution is 2.24. The molecule has 0 aromatic heterocycles. The van der Waals surface area contributed by atoms with Crippen LogP contribution in [-0.4, -0.2) is 37.2 Å². The van der Waals surface area contributed by atoms with Crippen molar-refractivity contribution in [1.29, 1.82) is 0 Å². The third kappa shape index (κ3) is 3.99. The molecule has 144 valence electrons. The van der Waals surface area contributed by atoms with Gasteiger partial charge in [-0.1, -0.05) is 60.7 Å². The molecule has 1 aliphatic heterocycles. The van der Waals surface area contributed by atoms with E-state index in [-0.39, 0.29) is 11.8 Å². The van der Waals surface area contributed by atoms with Crippen LogP contribution in [0.15, 0.2) is 66.7 Å². The van der Waals surface area contributed by atoms with E-state index in [1.807, 2.05) is 18.2 Å². The Morgan fingerprint density at radius 3 is 2.75 bits per heavy atom. The second-order valence-corrected chi connectivity index (χ2v) is 6.95. The van der Waals surface area contributed by atoms with E-state index in [4.69, 9.17) is 4.74 Å². The predicted molar refractivity (Wildman–Crippen MR) is 108 cm³/mol. The lowest BCUT2D eigenvalue weighted by molar-refractivity contribution is -0.0170. The van der Waals surface area contributed by atoms with E-state index in [9.17, 15) is 9.18 Å². The van der Waals surface area contributed by atoms with Crippen molar-refractivity contribution in [1.82, 2.24) is 10.2 Å². The zero-order chi connectivity index (χ0) is 19.3. The second kappa shape index (κ2) is 8.40. The van der Waals surface area contributed by atoms with Crippen LogP contribution in [0.5, 0.6) is 0 Å². The quantitative estimate of drug-likeness (QED) is 0.735. The van der Waals surface area contributed by atoms with Gasteiger partial charge in [-0.25, -0.2) is 9.18 Å². The summed E-state index contributed by atoms with van der Waals surface area (Å²) in [4.78, 5) is 14.3. The molecule has 5 heteroatoms. The summed E-state index contributed by atoms with van der Waals surface area (Å²) in [7, 11) is 0. The minimum Gasteiger partial charge on any atom is -0.370 e. The van der Waals surface area contributed by atoms with E-state index < -0.39 is 6.10 Å². The Bertz CT molecular complexity index is 970. The molecule has 1 N–H and O–H groups in total. The molecule has 1 atom stereocenters. The maximum atomic E-state index is 14.0. The fraction of sp³-hybridized carbons (Fsp3) is 0.261. The lowest BCUT2D eigenvalue weighted by Gasteiger charge is -2.33. The number of benzene rings is 3. The second-order valence-electron chi connectivity index (χ2n) is 6.95. The predicted octanol–water partition coefficient (Wildman–Crippen LogP) is 4.30. The lowest BCUT2D eigenvalue weighted by Crippen LogP contribution is -2.47. The van der Waals surface area contributed by atoms with Crippen LogP contribution in [0.2, 0.25) is 0 Å². The highest BCUT2D eigenvalue weighted by atomic mass is 19.1. The van der Waals surface area contributed by atoms with Crippen molar-refractivity contribution in [2.75, 3.05) is 26.2 Å². The number of urea groups is 1. The Morgan fingerprint density at radius 1 is 1.07 bits per heavy atom. The van der Waals surface area contributed by atoms with Gasteiger partial charge in [0.2, 0.25) is 0 Å². The van der Waals surface area contributed by atoms with Crippen molar-refractivity contribution >= 4 is 16.8 Å². The molecule has 28 heavy (non-hydrogen) atoms. The van der Waals surface area contributed by atoms with Gasteiger partial charge in [0.15, 0.2) is 0 Å². The number of morpholine rings is 1. The number of amides is 2. The SMILES string of the molecule is O=C(NCCc1cccc2ccccc12)N1CCO[C@H](c2ccccc2F)C1. The van der Waals surface area contributed by atoms with Gasteiger partial charge >= 0.3 is 6.03 Å². The third-order valence-electron chi connectivity index (χ3n) is 5.16. The number of hydrogen-bond acceptors (Lipinski definition) is 2. The molecule has 3 aromatic rings. The van der Waals surface area contributed by atoms with Crippen LogP contribution in [0.25, 0.3) is 10.8 Å². The van der Waals surface area contributed by atoms with E-state index in [2.05, 4.69) is 29.6 Å². The molecule has 1 fully saturated rings. The smallest absolute Gasteiger partial charge is 0.317 e. The number of carbonyl (C=O) groups excluding carboxylic acids is 1. The van der Waals surface area contributed by atoms with Crippen molar-refractivity contribution in [3.05, 3.63) is 83.7 Å². The van der Waals surface area contributed by atoms with Crippen LogP contribution < -0.4 is 5.32 Å². The van der Waals surface area contributed by atoms with Crippen LogP contribution in [0, 0.1) is 5.82 Å². The normalized spacial score (nSPS) is 16.9. The van der Waals surface area contributed by atoms with E-state index >= 15 is 0 Å². The maximum Gasteiger partial charge on any atom is 0.317 e. The zero-order valence-electron chi connectivity index (χ0n) is 15.6. The largest absolute Gasteiger partial charge is 0.370 e. The minimum atomic E-state index is -0.432. The first-order valence-corrected chi connectivity index (χ1v) is 9.58. The average molecular weight is 378 g/mol. The van der Waals surface area contributed by atoms with Crippen molar-refractivity contribution in [3.63, 3.8) is 0 Å². The zero-order valence-corrected chi connectivity index (χ0v) is 15.6. The number of hydrogen-bond donors (Lipinski definition) is 1. The minimum absolute atomic E-state index is 0.134. The number of nitrogens with zero attached hydrogens (tertiary/aromatic N) is 1. The van der Waals surface area contributed by atoms with Crippen molar-refractivity contribution in [2.24, 2.45) is 0 Å². The number of fused-ring (bicyclic) bond motifs is 1. The highest BCUT2D eigenvalue weighted by molar-refractivity contribution is 5.85. The summed E-state index contributed by atoms with van der Waals surface area (Å²) in [6.07, 6.45) is 0.326. The molecular weight excluding hydrogens is 355 g/mol. The van der Waals surface area contributed by atoms with Crippen LogP contribution in [0.4, 0.5) is 9.18 Å². The van der Waals surface area contributed by atoms with E-state index in [1.165, 1.54) is 22.4 Å². The first-order valence-electron chi connectivity index (χ1n) is 9.58. The summed E-state index contributed by atoms with van der Waals surface area (Å²) in [6, 6.07) is 20.9. The summed E-state index contributed by atoms with van der Waals surface area (Å²) in [5.74, 6) is -0.300. The topological polar surface area (TPSA) is 41.6 Å². The van der Waals surface area contributed by atoms with Gasteiger partial charge in [0, 0.05) is 18.7 Å². The summed E-state index contributed by atoms with van der Waals surface area (Å²) >= 11 is 0. The standard InChI is InChI=1S/C23H23FN2O2/c24-21-11-4-3-10-20(21)22-16-26(14-15-28-22)23(27)25-13-12-18-8-5-7-17-6-1-2-9-19(17)18/h1-11,22H,12-16H2,(H,25,27)/t22-/m0/s1. The molecule has 4 nitrogen and oxygen atoms in total. The molecule has 0 aliphatic carbocycles. The number of halogens is 1. The molecule has 3 aromatic carbocycles. The molecule has 0 bridgehead atoms. The summed E-state index contributed by atoms with van der Waals surface area (Å²) in [5.41, 5.74) is 1.71. The number of ether oxygens (including phenoxy) is 1. The molecule has 0 unspecified atom stereocenters. The van der Waals surface area contributed by atoms with Gasteiger partial charge in [0.05, 0.1) is 13.2 Å². The van der Waals surface area contributed by atoms with Crippen molar-refractivity contribution < 1.29 is 13.9 Å². The molecule has 0 saturated carbocycles. The Morgan fingerprint density at radius 2 is 1.86 bits per heavy atom. The number of nitrogens with one attached hydrogen (secondary N) is 1. The molecule has 1 saturated heterocycles. The summed E-state index contributed by atoms with van der Waals surface area (Å²) in [6.45, 7) is 1.80. The molecular formula is C23H23FN2O2. The summed E-state index contributed by atoms with van der Waals surface area (Å²) in [5, 5.41) is 5.40. The first-order chi connectivity index (χ1) is 13.7. The third-order valence-corrected chi connectivity index (χ3v) is 5.16. The number of carbonyl (C=O) groups is 1. The Balaban J connectivity index is 1.35. The van der Waals surface area contributed by atoms with Gasteiger partial charge in [-0.05, 0) is 28.8 Å². The van der Waals surface area contributed by atoms with Gasteiger partial charge in [-0.2, -0.15) is 0 Å². The van der Waals surface area contributed by atoms with Crippen LogP contribution in [0.3, 0.4) is 0 Å². The molecule has 0 radical (unpaired) electrons. The fourth-order valence-corrected chi connectivity index (χ4v) is 3.68. The van der Waals surface area contributed by atoms with E-state index in [1.54, 1.807) is 23.1 Å². The van der Waals surface area contributed by atoms with Crippen LogP contribution >= 0.6 is 0 Å². The maximum absolute atomic E-state index is 14.0. The van der Waals surface area contributed by atoms with Gasteiger partial charge in [-0.3, -0.25) is 0 Å². The molecule has 2 amide bonds. The lowest BCUT2D eigenvalue weighted by atomic mass is 10.0. The molecule has 0 spiro atoms. The first kappa shape index (κ1) is 18.4. The van der Waals surface area contributed by atoms with Crippen LogP contribution in [0.1, 0.15) is 17.2 Å². The van der Waals surface area contributed by atoms with Gasteiger partial charge in [-0.15, -0.1) is 0 Å². The highest BCUT2D eigenvalue weighted by Gasteiger charge is 2.26. The van der Waals surface area contributed by atoms with E-state index in [0.29, 0.717) is 31.8 Å². The van der Waals surface area contributed by atoms with Gasteiger partial charge in [0.25, 0.3) is 0 Å². The van der Waals surface area contributed by atoms with E-state index in [0.717, 1.165) is 6.42 Å². The Kier molecular flexibility index (Phi) is 5.53. The average Bonchev–Trinajstić information content (AvgIpc) is 2.74. The van der Waals surface area contributed by atoms with Gasteiger partial charge < -0.3 is 15.0 Å². The monoisotopic (exact) mass is 378 g/mol. The van der Waals surface area contributed by atoms with Crippen molar-refractivity contribution in [3.8, 4) is 0 Å². The Labute approximate surface area is 163 Å². The summed E-state index contributed by atoms with van der Waals surface area (Å²) < 4.78 is 19.7. The van der Waals surface area contributed by atoms with Gasteiger partial charge in [0.1, 0.15) is 11.9 Å². The molecule has 1 aliphatic rings. The molecule has 1 heterocycles. The van der Waals surface area contributed by atoms with Crippen LogP contribution in [-0.2, 0) is 11.2 Å². The van der Waals surface area contributed by atoms with Crippen molar-refractivity contribution in [2.45, 2.75) is 12.5 Å². The fourth-order valence-electron chi connectivity index (χ4n) is 3.68. The molecule has 4 rings (SSSR count).